The third kappa shape index (κ3) is 4.15. The molecule has 0 aliphatic carbocycles. The quantitative estimate of drug-likeness (QED) is 0.287. The normalized spacial score (nSPS) is 10.9. The van der Waals surface area contributed by atoms with Crippen LogP contribution in [-0.4, -0.2) is 26.8 Å². The maximum absolute atomic E-state index is 12.3. The first-order valence-corrected chi connectivity index (χ1v) is 9.76. The van der Waals surface area contributed by atoms with E-state index in [4.69, 9.17) is 0 Å². The summed E-state index contributed by atoms with van der Waals surface area (Å²) in [4.78, 5) is 23.6. The second kappa shape index (κ2) is 8.50. The maximum atomic E-state index is 12.3. The van der Waals surface area contributed by atoms with Gasteiger partial charge < -0.3 is 0 Å². The van der Waals surface area contributed by atoms with E-state index in [-0.39, 0.29) is 11.3 Å². The summed E-state index contributed by atoms with van der Waals surface area (Å²) in [7, 11) is 0. The minimum absolute atomic E-state index is 0.153. The number of nitro groups is 1. The highest BCUT2D eigenvalue weighted by molar-refractivity contribution is 7.13. The molecule has 1 amide bonds. The van der Waals surface area contributed by atoms with Crippen molar-refractivity contribution in [2.24, 2.45) is 5.10 Å². The van der Waals surface area contributed by atoms with E-state index in [9.17, 15) is 14.9 Å². The van der Waals surface area contributed by atoms with Crippen LogP contribution in [-0.2, 0) is 0 Å². The zero-order valence-corrected chi connectivity index (χ0v) is 16.3. The van der Waals surface area contributed by atoms with Gasteiger partial charge >= 0.3 is 0 Å². The molecule has 0 aliphatic heterocycles. The van der Waals surface area contributed by atoms with Crippen molar-refractivity contribution in [3.8, 4) is 16.3 Å². The molecule has 0 saturated carbocycles. The monoisotopic (exact) mass is 417 g/mol. The highest BCUT2D eigenvalue weighted by atomic mass is 32.1. The summed E-state index contributed by atoms with van der Waals surface area (Å²) in [5, 5.41) is 21.5. The molecule has 148 valence electrons. The summed E-state index contributed by atoms with van der Waals surface area (Å²) in [6.07, 6.45) is 3.34. The van der Waals surface area contributed by atoms with Crippen molar-refractivity contribution in [3.05, 3.63) is 99.5 Å². The number of amides is 1. The van der Waals surface area contributed by atoms with Gasteiger partial charge in [0.1, 0.15) is 5.69 Å². The van der Waals surface area contributed by atoms with Crippen molar-refractivity contribution in [2.75, 3.05) is 0 Å². The summed E-state index contributed by atoms with van der Waals surface area (Å²) in [6.45, 7) is 0. The van der Waals surface area contributed by atoms with Gasteiger partial charge in [-0.15, -0.1) is 11.3 Å². The fourth-order valence-corrected chi connectivity index (χ4v) is 3.52. The smallest absolute Gasteiger partial charge is 0.267 e. The number of nitro benzene ring substituents is 1. The van der Waals surface area contributed by atoms with Gasteiger partial charge in [0.25, 0.3) is 11.6 Å². The molecule has 0 bridgehead atoms. The molecular formula is C21H15N5O3S. The Morgan fingerprint density at radius 2 is 1.97 bits per heavy atom. The molecule has 8 nitrogen and oxygen atoms in total. The number of rotatable bonds is 6. The molecule has 0 atom stereocenters. The van der Waals surface area contributed by atoms with Gasteiger partial charge in [0.2, 0.25) is 0 Å². The lowest BCUT2D eigenvalue weighted by atomic mass is 10.2. The Kier molecular flexibility index (Phi) is 5.44. The van der Waals surface area contributed by atoms with E-state index in [0.717, 1.165) is 21.8 Å². The summed E-state index contributed by atoms with van der Waals surface area (Å²) < 4.78 is 1.75. The molecule has 0 spiro atoms. The average Bonchev–Trinajstić information content (AvgIpc) is 3.44. The van der Waals surface area contributed by atoms with E-state index >= 15 is 0 Å². The summed E-state index contributed by atoms with van der Waals surface area (Å²) in [6, 6.07) is 19.0. The lowest BCUT2D eigenvalue weighted by molar-refractivity contribution is -0.384. The predicted octanol–water partition coefficient (Wildman–Crippen LogP) is 4.27. The second-order valence-corrected chi connectivity index (χ2v) is 7.14. The van der Waals surface area contributed by atoms with Crippen LogP contribution in [0.3, 0.4) is 0 Å². The van der Waals surface area contributed by atoms with E-state index in [1.54, 1.807) is 16.0 Å². The number of carbonyl (C=O) groups excluding carboxylic acids is 1. The van der Waals surface area contributed by atoms with Crippen LogP contribution in [0.5, 0.6) is 0 Å². The number of hydrogen-bond donors (Lipinski definition) is 1. The van der Waals surface area contributed by atoms with Gasteiger partial charge in [-0.2, -0.15) is 10.2 Å². The van der Waals surface area contributed by atoms with E-state index in [1.807, 2.05) is 54.0 Å². The highest BCUT2D eigenvalue weighted by Gasteiger charge is 2.13. The molecule has 9 heteroatoms. The first-order chi connectivity index (χ1) is 14.6. The Morgan fingerprint density at radius 3 is 2.70 bits per heavy atom. The van der Waals surface area contributed by atoms with Crippen LogP contribution >= 0.6 is 11.3 Å². The number of non-ortho nitro benzene ring substituents is 1. The second-order valence-electron chi connectivity index (χ2n) is 6.20. The van der Waals surface area contributed by atoms with Crippen LogP contribution in [0.4, 0.5) is 5.69 Å². The molecule has 2 aromatic carbocycles. The van der Waals surface area contributed by atoms with Crippen LogP contribution in [0.1, 0.15) is 15.9 Å². The van der Waals surface area contributed by atoms with Gasteiger partial charge in [-0.3, -0.25) is 14.9 Å². The van der Waals surface area contributed by atoms with Crippen LogP contribution < -0.4 is 5.43 Å². The molecule has 30 heavy (non-hydrogen) atoms. The number of hydrazone groups is 1. The van der Waals surface area contributed by atoms with Crippen molar-refractivity contribution in [3.63, 3.8) is 0 Å². The number of aromatic nitrogens is 2. The third-order valence-corrected chi connectivity index (χ3v) is 5.08. The van der Waals surface area contributed by atoms with Crippen LogP contribution in [0.25, 0.3) is 16.3 Å². The number of nitrogens with zero attached hydrogens (tertiary/aromatic N) is 4. The van der Waals surface area contributed by atoms with Gasteiger partial charge in [0, 0.05) is 29.5 Å². The number of carbonyl (C=O) groups is 1. The Morgan fingerprint density at radius 1 is 1.13 bits per heavy atom. The van der Waals surface area contributed by atoms with Gasteiger partial charge in [-0.25, -0.2) is 10.1 Å². The molecule has 2 aromatic heterocycles. The summed E-state index contributed by atoms with van der Waals surface area (Å²) in [5.74, 6) is -0.539. The lowest BCUT2D eigenvalue weighted by Crippen LogP contribution is -2.17. The maximum Gasteiger partial charge on any atom is 0.271 e. The fourth-order valence-electron chi connectivity index (χ4n) is 2.79. The van der Waals surface area contributed by atoms with Gasteiger partial charge in [-0.05, 0) is 29.6 Å². The Bertz CT molecular complexity index is 1220. The SMILES string of the molecule is O=C(N/N=C\c1cn(-c2ccccc2)nc1-c1cccs1)c1cccc([N+](=O)[O-])c1. The van der Waals surface area contributed by atoms with Gasteiger partial charge in [0.05, 0.1) is 21.7 Å². The zero-order valence-electron chi connectivity index (χ0n) is 15.5. The molecule has 0 saturated heterocycles. The molecule has 0 fully saturated rings. The summed E-state index contributed by atoms with van der Waals surface area (Å²) >= 11 is 1.55. The number of nitrogens with one attached hydrogen (secondary N) is 1. The number of thiophene rings is 1. The van der Waals surface area contributed by atoms with Crippen LogP contribution in [0, 0.1) is 10.1 Å². The molecule has 2 heterocycles. The van der Waals surface area contributed by atoms with E-state index in [2.05, 4.69) is 15.6 Å². The number of para-hydroxylation sites is 1. The molecule has 0 aliphatic rings. The average molecular weight is 417 g/mol. The summed E-state index contributed by atoms with van der Waals surface area (Å²) in [5.41, 5.74) is 4.76. The lowest BCUT2D eigenvalue weighted by Gasteiger charge is -1.99. The number of hydrogen-bond acceptors (Lipinski definition) is 6. The third-order valence-electron chi connectivity index (χ3n) is 4.21. The largest absolute Gasteiger partial charge is 0.271 e. The molecule has 4 rings (SSSR count). The minimum Gasteiger partial charge on any atom is -0.267 e. The van der Waals surface area contributed by atoms with Crippen molar-refractivity contribution >= 4 is 29.1 Å². The van der Waals surface area contributed by atoms with Crippen molar-refractivity contribution in [1.29, 1.82) is 0 Å². The molecular weight excluding hydrogens is 402 g/mol. The van der Waals surface area contributed by atoms with Gasteiger partial charge in [-0.1, -0.05) is 30.3 Å². The van der Waals surface area contributed by atoms with E-state index in [0.29, 0.717) is 0 Å². The van der Waals surface area contributed by atoms with E-state index in [1.165, 1.54) is 30.5 Å². The molecule has 4 aromatic rings. The van der Waals surface area contributed by atoms with Crippen molar-refractivity contribution < 1.29 is 9.72 Å². The number of benzene rings is 2. The Balaban J connectivity index is 1.58. The first kappa shape index (κ1) is 19.2. The van der Waals surface area contributed by atoms with E-state index < -0.39 is 10.8 Å². The topological polar surface area (TPSA) is 102 Å². The van der Waals surface area contributed by atoms with Crippen molar-refractivity contribution in [1.82, 2.24) is 15.2 Å². The Hall–Kier alpha value is -4.11. The zero-order chi connectivity index (χ0) is 20.9. The predicted molar refractivity (Wildman–Crippen MR) is 115 cm³/mol. The van der Waals surface area contributed by atoms with Crippen LogP contribution in [0.15, 0.2) is 83.4 Å². The molecule has 0 unspecified atom stereocenters. The highest BCUT2D eigenvalue weighted by Crippen LogP contribution is 2.26. The molecule has 1 N–H and O–H groups in total. The Labute approximate surface area is 175 Å². The molecule has 0 radical (unpaired) electrons. The first-order valence-electron chi connectivity index (χ1n) is 8.88. The van der Waals surface area contributed by atoms with Crippen LogP contribution in [0.2, 0.25) is 0 Å². The van der Waals surface area contributed by atoms with Crippen molar-refractivity contribution in [2.45, 2.75) is 0 Å². The van der Waals surface area contributed by atoms with Gasteiger partial charge in [0.15, 0.2) is 0 Å². The minimum atomic E-state index is -0.550. The fraction of sp³-hybridized carbons (Fsp3) is 0. The standard InChI is InChI=1S/C21H15N5O3S/c27-21(15-6-4-9-18(12-15)26(28)29)23-22-13-16-14-25(17-7-2-1-3-8-17)24-20(16)19-10-5-11-30-19/h1-14H,(H,23,27)/b22-13-.